The van der Waals surface area contributed by atoms with Crippen LogP contribution < -0.4 is 14.2 Å². The minimum atomic E-state index is -3.89. The quantitative estimate of drug-likeness (QED) is 0.591. The Balaban J connectivity index is 1.49. The fraction of sp³-hybridized carbons (Fsp3) is 0.565. The van der Waals surface area contributed by atoms with Gasteiger partial charge in [0, 0.05) is 37.8 Å². The van der Waals surface area contributed by atoms with Crippen LogP contribution in [0.15, 0.2) is 29.3 Å². The molecule has 0 bridgehead atoms. The summed E-state index contributed by atoms with van der Waals surface area (Å²) in [5.41, 5.74) is 2.14. The highest BCUT2D eigenvalue weighted by Gasteiger charge is 2.23. The lowest BCUT2D eigenvalue weighted by Crippen LogP contribution is -2.27. The van der Waals surface area contributed by atoms with Gasteiger partial charge in [0.15, 0.2) is 0 Å². The molecule has 1 fully saturated rings. The van der Waals surface area contributed by atoms with Crippen molar-refractivity contribution in [1.29, 1.82) is 0 Å². The van der Waals surface area contributed by atoms with Crippen molar-refractivity contribution < 1.29 is 22.3 Å². The Kier molecular flexibility index (Phi) is 7.64. The average Bonchev–Trinajstić information content (AvgIpc) is 3.24. The average molecular weight is 479 g/mol. The molecular weight excluding hydrogens is 447 g/mol. The molecule has 1 aliphatic carbocycles. The summed E-state index contributed by atoms with van der Waals surface area (Å²) in [5.74, 6) is 0.658. The summed E-state index contributed by atoms with van der Waals surface area (Å²) in [5, 5.41) is 0. The summed E-state index contributed by atoms with van der Waals surface area (Å²) >= 11 is 0. The molecule has 0 spiro atoms. The second-order valence-electron chi connectivity index (χ2n) is 8.50. The number of hydrogen-bond donors (Lipinski definition) is 1. The molecule has 1 saturated carbocycles. The summed E-state index contributed by atoms with van der Waals surface area (Å²) in [7, 11) is -2.42. The Hall–Kier alpha value is -2.46. The Bertz CT molecular complexity index is 1040. The molecule has 4 rings (SSSR count). The maximum Gasteiger partial charge on any atom is 0.263 e. The normalized spacial score (nSPS) is 17.4. The predicted molar refractivity (Wildman–Crippen MR) is 123 cm³/mol. The number of anilines is 1. The van der Waals surface area contributed by atoms with E-state index in [2.05, 4.69) is 19.6 Å². The molecule has 0 atom stereocenters. The van der Waals surface area contributed by atoms with Gasteiger partial charge in [-0.1, -0.05) is 0 Å². The van der Waals surface area contributed by atoms with Crippen LogP contribution in [0.3, 0.4) is 0 Å². The van der Waals surface area contributed by atoms with E-state index in [4.69, 9.17) is 9.47 Å². The summed E-state index contributed by atoms with van der Waals surface area (Å²) in [6, 6.07) is 4.87. The van der Waals surface area contributed by atoms with Crippen LogP contribution in [0.5, 0.6) is 11.8 Å². The highest BCUT2D eigenvalue weighted by Crippen LogP contribution is 2.30. The Labute approximate surface area is 194 Å². The molecule has 3 heterocycles. The Morgan fingerprint density at radius 1 is 1.21 bits per heavy atom. The van der Waals surface area contributed by atoms with Gasteiger partial charge in [0.1, 0.15) is 16.7 Å². The number of halogens is 1. The zero-order valence-corrected chi connectivity index (χ0v) is 19.7. The van der Waals surface area contributed by atoms with Crippen molar-refractivity contribution >= 4 is 15.7 Å². The highest BCUT2D eigenvalue weighted by atomic mass is 32.2. The molecule has 2 aliphatic rings. The van der Waals surface area contributed by atoms with Crippen molar-refractivity contribution in [1.82, 2.24) is 14.9 Å². The SMILES string of the molecule is COc1nc2c(cc1NS(=O)(=O)c1ccc(OC3CCCC3)nc1)CCN(CCCF)CC2. The smallest absolute Gasteiger partial charge is 0.263 e. The number of nitrogens with one attached hydrogen (secondary N) is 1. The molecule has 33 heavy (non-hydrogen) atoms. The number of nitrogens with zero attached hydrogens (tertiary/aromatic N) is 3. The minimum absolute atomic E-state index is 0.0377. The van der Waals surface area contributed by atoms with Gasteiger partial charge in [-0.3, -0.25) is 9.11 Å². The topological polar surface area (TPSA) is 93.6 Å². The zero-order valence-electron chi connectivity index (χ0n) is 18.9. The summed E-state index contributed by atoms with van der Waals surface area (Å²) in [6.07, 6.45) is 7.68. The highest BCUT2D eigenvalue weighted by molar-refractivity contribution is 7.92. The number of methoxy groups -OCH3 is 1. The van der Waals surface area contributed by atoms with Crippen LogP contribution in [0.1, 0.15) is 43.4 Å². The van der Waals surface area contributed by atoms with Gasteiger partial charge in [0.25, 0.3) is 10.0 Å². The molecule has 1 N–H and O–H groups in total. The number of aromatic nitrogens is 2. The first kappa shape index (κ1) is 23.7. The molecule has 0 unspecified atom stereocenters. The van der Waals surface area contributed by atoms with Crippen LogP contribution in [0.25, 0.3) is 0 Å². The molecule has 0 aromatic carbocycles. The van der Waals surface area contributed by atoms with Gasteiger partial charge in [-0.25, -0.2) is 18.4 Å². The standard InChI is InChI=1S/C23H31FN4O4S/c1-31-23-21(15-17-9-13-28(12-4-11-24)14-10-20(17)26-23)27-33(29,30)19-7-8-22(25-16-19)32-18-5-2-3-6-18/h7-8,15-16,18,27H,2-6,9-14H2,1H3. The van der Waals surface area contributed by atoms with Crippen LogP contribution in [-0.2, 0) is 22.9 Å². The van der Waals surface area contributed by atoms with E-state index in [0.29, 0.717) is 37.4 Å². The van der Waals surface area contributed by atoms with Crippen molar-refractivity contribution in [2.24, 2.45) is 0 Å². The van der Waals surface area contributed by atoms with Gasteiger partial charge in [0.05, 0.1) is 20.0 Å². The van der Waals surface area contributed by atoms with Gasteiger partial charge in [-0.05, 0) is 56.2 Å². The first-order valence-electron chi connectivity index (χ1n) is 11.5. The molecule has 0 amide bonds. The maximum absolute atomic E-state index is 13.0. The van der Waals surface area contributed by atoms with E-state index in [1.165, 1.54) is 19.4 Å². The molecule has 2 aromatic rings. The van der Waals surface area contributed by atoms with E-state index in [1.54, 1.807) is 12.1 Å². The van der Waals surface area contributed by atoms with Crippen LogP contribution in [-0.4, -0.2) is 62.8 Å². The fourth-order valence-corrected chi connectivity index (χ4v) is 5.37. The summed E-state index contributed by atoms with van der Waals surface area (Å²) in [4.78, 5) is 11.0. The fourth-order valence-electron chi connectivity index (χ4n) is 4.37. The molecule has 180 valence electrons. The van der Waals surface area contributed by atoms with E-state index >= 15 is 0 Å². The monoisotopic (exact) mass is 478 g/mol. The van der Waals surface area contributed by atoms with Gasteiger partial charge < -0.3 is 14.4 Å². The van der Waals surface area contributed by atoms with Gasteiger partial charge in [-0.2, -0.15) is 0 Å². The van der Waals surface area contributed by atoms with Crippen LogP contribution in [0.4, 0.5) is 10.1 Å². The number of ether oxygens (including phenoxy) is 2. The van der Waals surface area contributed by atoms with Gasteiger partial charge >= 0.3 is 0 Å². The largest absolute Gasteiger partial charge is 0.479 e. The van der Waals surface area contributed by atoms with E-state index in [9.17, 15) is 12.8 Å². The lowest BCUT2D eigenvalue weighted by molar-refractivity contribution is 0.201. The van der Waals surface area contributed by atoms with Crippen molar-refractivity contribution in [3.63, 3.8) is 0 Å². The van der Waals surface area contributed by atoms with Crippen molar-refractivity contribution in [2.75, 3.05) is 38.1 Å². The van der Waals surface area contributed by atoms with Gasteiger partial charge in [-0.15, -0.1) is 0 Å². The Morgan fingerprint density at radius 2 is 2.00 bits per heavy atom. The summed E-state index contributed by atoms with van der Waals surface area (Å²) in [6.45, 7) is 1.94. The van der Waals surface area contributed by atoms with E-state index in [0.717, 1.165) is 50.0 Å². The molecular formula is C23H31FN4O4S. The van der Waals surface area contributed by atoms with Gasteiger partial charge in [0.2, 0.25) is 11.8 Å². The number of sulfonamides is 1. The first-order valence-corrected chi connectivity index (χ1v) is 13.0. The van der Waals surface area contributed by atoms with Crippen LogP contribution in [0, 0.1) is 0 Å². The number of pyridine rings is 2. The first-order chi connectivity index (χ1) is 16.0. The van der Waals surface area contributed by atoms with Crippen molar-refractivity contribution in [2.45, 2.75) is 55.9 Å². The molecule has 0 saturated heterocycles. The Morgan fingerprint density at radius 3 is 2.70 bits per heavy atom. The third-order valence-electron chi connectivity index (χ3n) is 6.17. The molecule has 10 heteroatoms. The molecule has 1 aliphatic heterocycles. The summed E-state index contributed by atoms with van der Waals surface area (Å²) < 4.78 is 52.4. The number of rotatable bonds is 9. The lowest BCUT2D eigenvalue weighted by Gasteiger charge is -2.18. The molecule has 8 nitrogen and oxygen atoms in total. The second-order valence-corrected chi connectivity index (χ2v) is 10.2. The van der Waals surface area contributed by atoms with E-state index < -0.39 is 10.0 Å². The second kappa shape index (κ2) is 10.6. The van der Waals surface area contributed by atoms with E-state index in [-0.39, 0.29) is 23.6 Å². The van der Waals surface area contributed by atoms with Crippen LogP contribution in [0.2, 0.25) is 0 Å². The number of hydrogen-bond acceptors (Lipinski definition) is 7. The van der Waals surface area contributed by atoms with Crippen molar-refractivity contribution in [3.05, 3.63) is 35.7 Å². The van der Waals surface area contributed by atoms with Crippen molar-refractivity contribution in [3.8, 4) is 11.8 Å². The van der Waals surface area contributed by atoms with E-state index in [1.807, 2.05) is 0 Å². The third-order valence-corrected chi connectivity index (χ3v) is 7.52. The number of fused-ring (bicyclic) bond motifs is 1. The predicted octanol–water partition coefficient (Wildman–Crippen LogP) is 3.37. The maximum atomic E-state index is 13.0. The minimum Gasteiger partial charge on any atom is -0.479 e. The third kappa shape index (κ3) is 5.92. The lowest BCUT2D eigenvalue weighted by atomic mass is 10.1. The number of alkyl halides is 1. The zero-order chi connectivity index (χ0) is 23.3. The molecule has 0 radical (unpaired) electrons. The van der Waals surface area contributed by atoms with Crippen LogP contribution >= 0.6 is 0 Å². The molecule has 2 aromatic heterocycles.